The third-order valence-electron chi connectivity index (χ3n) is 6.27. The first kappa shape index (κ1) is 17.1. The van der Waals surface area contributed by atoms with Gasteiger partial charge < -0.3 is 9.73 Å². The number of fused-ring (bicyclic) bond motifs is 1. The second-order valence-electron chi connectivity index (χ2n) is 8.44. The van der Waals surface area contributed by atoms with Crippen LogP contribution in [0.4, 0.5) is 4.79 Å². The standard InChI is InChI=1S/C20H23N3O3S/c24-17(11-27-19-21-15-3-1-2-4-16(15)26-19)22-18(25)23-20-8-12-5-13(9-20)7-14(6-12)10-20/h1-4,12-14H,5-11H2,(H2,22,23,24,25). The van der Waals surface area contributed by atoms with Crippen LogP contribution in [-0.2, 0) is 4.79 Å². The molecule has 6 nitrogen and oxygen atoms in total. The minimum atomic E-state index is -0.361. The Morgan fingerprint density at radius 2 is 1.78 bits per heavy atom. The van der Waals surface area contributed by atoms with E-state index in [2.05, 4.69) is 15.6 Å². The van der Waals surface area contributed by atoms with Gasteiger partial charge in [-0.2, -0.15) is 0 Å². The van der Waals surface area contributed by atoms with Gasteiger partial charge in [0, 0.05) is 5.54 Å². The van der Waals surface area contributed by atoms with Crippen molar-refractivity contribution in [3.8, 4) is 0 Å². The van der Waals surface area contributed by atoms with E-state index in [9.17, 15) is 9.59 Å². The van der Waals surface area contributed by atoms with Gasteiger partial charge in [-0.1, -0.05) is 23.9 Å². The molecule has 2 aromatic rings. The number of nitrogens with one attached hydrogen (secondary N) is 2. The van der Waals surface area contributed by atoms with Crippen LogP contribution in [0.1, 0.15) is 38.5 Å². The van der Waals surface area contributed by atoms with Crippen molar-refractivity contribution >= 4 is 34.8 Å². The highest BCUT2D eigenvalue weighted by Crippen LogP contribution is 2.55. The van der Waals surface area contributed by atoms with Crippen LogP contribution in [0, 0.1) is 17.8 Å². The molecule has 2 N–H and O–H groups in total. The fraction of sp³-hybridized carbons (Fsp3) is 0.550. The molecule has 4 aliphatic carbocycles. The van der Waals surface area contributed by atoms with Crippen LogP contribution in [-0.4, -0.2) is 28.2 Å². The number of benzene rings is 1. The number of aromatic nitrogens is 1. The monoisotopic (exact) mass is 385 g/mol. The number of hydrogen-bond donors (Lipinski definition) is 2. The molecule has 0 unspecified atom stereocenters. The molecule has 0 spiro atoms. The van der Waals surface area contributed by atoms with Gasteiger partial charge in [-0.25, -0.2) is 9.78 Å². The fourth-order valence-corrected chi connectivity index (χ4v) is 6.38. The molecule has 1 aromatic heterocycles. The Kier molecular flexibility index (Phi) is 4.15. The summed E-state index contributed by atoms with van der Waals surface area (Å²) in [4.78, 5) is 28.9. The molecular formula is C20H23N3O3S. The van der Waals surface area contributed by atoms with Gasteiger partial charge in [0.05, 0.1) is 5.75 Å². The van der Waals surface area contributed by atoms with Gasteiger partial charge >= 0.3 is 6.03 Å². The quantitative estimate of drug-likeness (QED) is 0.784. The largest absolute Gasteiger partial charge is 0.431 e. The summed E-state index contributed by atoms with van der Waals surface area (Å²) in [6, 6.07) is 7.11. The number of thioether (sulfide) groups is 1. The Hall–Kier alpha value is -2.02. The molecule has 4 fully saturated rings. The smallest absolute Gasteiger partial charge is 0.321 e. The van der Waals surface area contributed by atoms with Crippen LogP contribution >= 0.6 is 11.8 Å². The predicted molar refractivity (Wildman–Crippen MR) is 102 cm³/mol. The number of carbonyl (C=O) groups is 2. The maximum atomic E-state index is 12.4. The van der Waals surface area contributed by atoms with E-state index >= 15 is 0 Å². The molecule has 4 aliphatic rings. The Labute approximate surface area is 161 Å². The van der Waals surface area contributed by atoms with Gasteiger partial charge in [-0.15, -0.1) is 0 Å². The molecule has 142 valence electrons. The Balaban J connectivity index is 1.15. The first-order valence-electron chi connectivity index (χ1n) is 9.67. The zero-order valence-corrected chi connectivity index (χ0v) is 15.9. The Morgan fingerprint density at radius 1 is 1.11 bits per heavy atom. The molecule has 4 saturated carbocycles. The number of carbonyl (C=O) groups excluding carboxylic acids is 2. The van der Waals surface area contributed by atoms with E-state index < -0.39 is 0 Å². The SMILES string of the molecule is O=C(CSc1nc2ccccc2o1)NC(=O)NC12CC3CC(CC(C3)C1)C2. The lowest BCUT2D eigenvalue weighted by Crippen LogP contribution is -2.61. The van der Waals surface area contributed by atoms with E-state index in [1.807, 2.05) is 24.3 Å². The molecule has 6 rings (SSSR count). The van der Waals surface area contributed by atoms with Crippen molar-refractivity contribution in [1.29, 1.82) is 0 Å². The number of imide groups is 1. The van der Waals surface area contributed by atoms with Crippen molar-refractivity contribution in [2.24, 2.45) is 17.8 Å². The maximum absolute atomic E-state index is 12.4. The van der Waals surface area contributed by atoms with Crippen molar-refractivity contribution < 1.29 is 14.0 Å². The van der Waals surface area contributed by atoms with Crippen molar-refractivity contribution in [3.05, 3.63) is 24.3 Å². The topological polar surface area (TPSA) is 84.2 Å². The van der Waals surface area contributed by atoms with E-state index in [0.29, 0.717) is 10.8 Å². The van der Waals surface area contributed by atoms with Gasteiger partial charge in [0.1, 0.15) is 5.52 Å². The highest BCUT2D eigenvalue weighted by Gasteiger charge is 2.51. The first-order valence-corrected chi connectivity index (χ1v) is 10.7. The lowest BCUT2D eigenvalue weighted by Gasteiger charge is -2.56. The van der Waals surface area contributed by atoms with Crippen molar-refractivity contribution in [2.45, 2.75) is 49.3 Å². The fourth-order valence-electron chi connectivity index (χ4n) is 5.74. The van der Waals surface area contributed by atoms with Crippen LogP contribution in [0.2, 0.25) is 0 Å². The van der Waals surface area contributed by atoms with E-state index in [1.54, 1.807) is 0 Å². The molecule has 0 atom stereocenters. The summed E-state index contributed by atoms with van der Waals surface area (Å²) in [5.74, 6) is 2.02. The molecule has 0 aliphatic heterocycles. The number of para-hydroxylation sites is 2. The number of oxazole rings is 1. The Bertz CT molecular complexity index is 825. The number of urea groups is 1. The second kappa shape index (κ2) is 6.55. The van der Waals surface area contributed by atoms with E-state index in [-0.39, 0.29) is 23.2 Å². The normalized spacial score (nSPS) is 31.2. The van der Waals surface area contributed by atoms with E-state index in [0.717, 1.165) is 42.5 Å². The molecular weight excluding hydrogens is 362 g/mol. The summed E-state index contributed by atoms with van der Waals surface area (Å²) in [7, 11) is 0. The average molecular weight is 385 g/mol. The summed E-state index contributed by atoms with van der Waals surface area (Å²) in [6.45, 7) is 0. The van der Waals surface area contributed by atoms with Crippen molar-refractivity contribution in [1.82, 2.24) is 15.6 Å². The third kappa shape index (κ3) is 3.45. The first-order chi connectivity index (χ1) is 13.1. The minimum absolute atomic E-state index is 0.0907. The van der Waals surface area contributed by atoms with Crippen LogP contribution in [0.5, 0.6) is 0 Å². The van der Waals surface area contributed by atoms with Gasteiger partial charge in [-0.3, -0.25) is 10.1 Å². The third-order valence-corrected chi connectivity index (χ3v) is 7.10. The minimum Gasteiger partial charge on any atom is -0.431 e. The highest BCUT2D eigenvalue weighted by atomic mass is 32.2. The van der Waals surface area contributed by atoms with Crippen LogP contribution in [0.3, 0.4) is 0 Å². The van der Waals surface area contributed by atoms with Crippen molar-refractivity contribution in [2.75, 3.05) is 5.75 Å². The number of rotatable bonds is 4. The molecule has 27 heavy (non-hydrogen) atoms. The number of nitrogens with zero attached hydrogens (tertiary/aromatic N) is 1. The molecule has 0 saturated heterocycles. The van der Waals surface area contributed by atoms with Gasteiger partial charge in [-0.05, 0) is 68.4 Å². The summed E-state index contributed by atoms with van der Waals surface area (Å²) < 4.78 is 5.59. The van der Waals surface area contributed by atoms with E-state index in [1.165, 1.54) is 31.0 Å². The molecule has 7 heteroatoms. The summed E-state index contributed by atoms with van der Waals surface area (Å²) in [5.41, 5.74) is 1.37. The summed E-state index contributed by atoms with van der Waals surface area (Å²) >= 11 is 1.20. The van der Waals surface area contributed by atoms with E-state index in [4.69, 9.17) is 4.42 Å². The highest BCUT2D eigenvalue weighted by molar-refractivity contribution is 7.99. The molecule has 0 radical (unpaired) electrons. The molecule has 1 aromatic carbocycles. The van der Waals surface area contributed by atoms with Crippen LogP contribution in [0.15, 0.2) is 33.9 Å². The molecule has 3 amide bonds. The van der Waals surface area contributed by atoms with Gasteiger partial charge in [0.15, 0.2) is 5.58 Å². The average Bonchev–Trinajstić information content (AvgIpc) is 3.01. The second-order valence-corrected chi connectivity index (χ2v) is 9.36. The van der Waals surface area contributed by atoms with Crippen LogP contribution in [0.25, 0.3) is 11.1 Å². The molecule has 1 heterocycles. The number of hydrogen-bond acceptors (Lipinski definition) is 5. The maximum Gasteiger partial charge on any atom is 0.321 e. The zero-order valence-electron chi connectivity index (χ0n) is 15.1. The summed E-state index contributed by atoms with van der Waals surface area (Å²) in [5, 5.41) is 6.07. The lowest BCUT2D eigenvalue weighted by atomic mass is 9.53. The van der Waals surface area contributed by atoms with Gasteiger partial charge in [0.2, 0.25) is 5.91 Å². The lowest BCUT2D eigenvalue weighted by molar-refractivity contribution is -0.117. The predicted octanol–water partition coefficient (Wildman–Crippen LogP) is 3.71. The summed E-state index contributed by atoms with van der Waals surface area (Å²) in [6.07, 6.45) is 7.17. The van der Waals surface area contributed by atoms with Crippen LogP contribution < -0.4 is 10.6 Å². The molecule has 4 bridgehead atoms. The zero-order chi connectivity index (χ0) is 18.4. The van der Waals surface area contributed by atoms with Gasteiger partial charge in [0.25, 0.3) is 5.22 Å². The Morgan fingerprint density at radius 3 is 2.44 bits per heavy atom. The van der Waals surface area contributed by atoms with Crippen molar-refractivity contribution in [3.63, 3.8) is 0 Å². The number of amides is 3.